The molecule has 2 saturated carbocycles. The molecule has 2 fully saturated rings. The molecule has 0 radical (unpaired) electrons. The molecule has 52 heavy (non-hydrogen) atoms. The topological polar surface area (TPSA) is 145 Å². The van der Waals surface area contributed by atoms with E-state index in [2.05, 4.69) is 36.0 Å². The molecule has 14 heteroatoms. The molecule has 3 aliphatic rings. The number of carbonyl (C=O) groups excluding carboxylic acids is 2. The van der Waals surface area contributed by atoms with Crippen molar-refractivity contribution in [3.05, 3.63) is 91.7 Å². The molecule has 3 heterocycles. The van der Waals surface area contributed by atoms with Gasteiger partial charge in [0.1, 0.15) is 22.7 Å². The van der Waals surface area contributed by atoms with Crippen molar-refractivity contribution in [3.63, 3.8) is 0 Å². The van der Waals surface area contributed by atoms with Crippen molar-refractivity contribution >= 4 is 77.4 Å². The number of nitrogens with two attached hydrogens (primary N) is 1. The monoisotopic (exact) mass is 786 g/mol. The normalized spacial score (nSPS) is 17.4. The number of thioether (sulfide) groups is 1. The van der Waals surface area contributed by atoms with Crippen molar-refractivity contribution in [2.24, 2.45) is 14.1 Å². The molecule has 280 valence electrons. The lowest BCUT2D eigenvalue weighted by Gasteiger charge is -2.26. The van der Waals surface area contributed by atoms with E-state index in [4.69, 9.17) is 39.1 Å². The maximum absolute atomic E-state index is 12.8. The second kappa shape index (κ2) is 16.7. The second-order valence-corrected chi connectivity index (χ2v) is 18.1. The summed E-state index contributed by atoms with van der Waals surface area (Å²) in [6.45, 7) is 11.0. The van der Waals surface area contributed by atoms with Crippen LogP contribution in [0.3, 0.4) is 0 Å². The summed E-state index contributed by atoms with van der Waals surface area (Å²) in [7, 11) is 3.79. The van der Waals surface area contributed by atoms with Crippen molar-refractivity contribution < 1.29 is 19.5 Å². The molecule has 1 atom stereocenters. The van der Waals surface area contributed by atoms with Crippen molar-refractivity contribution in [3.8, 4) is 0 Å². The van der Waals surface area contributed by atoms with Crippen LogP contribution in [0.1, 0.15) is 114 Å². The van der Waals surface area contributed by atoms with Crippen LogP contribution >= 0.6 is 47.6 Å². The Morgan fingerprint density at radius 2 is 1.56 bits per heavy atom. The van der Waals surface area contributed by atoms with Crippen LogP contribution in [0.5, 0.6) is 0 Å². The van der Waals surface area contributed by atoms with E-state index in [0.717, 1.165) is 39.8 Å². The maximum Gasteiger partial charge on any atom is 0.318 e. The van der Waals surface area contributed by atoms with Gasteiger partial charge in [0, 0.05) is 53.2 Å². The Kier molecular flexibility index (Phi) is 13.3. The highest BCUT2D eigenvalue weighted by Gasteiger charge is 2.43. The molecule has 1 aliphatic heterocycles. The zero-order valence-electron chi connectivity index (χ0n) is 30.8. The van der Waals surface area contributed by atoms with Gasteiger partial charge >= 0.3 is 5.97 Å². The van der Waals surface area contributed by atoms with E-state index in [-0.39, 0.29) is 11.2 Å². The first-order chi connectivity index (χ1) is 24.2. The van der Waals surface area contributed by atoms with Crippen LogP contribution in [-0.2, 0) is 23.7 Å². The van der Waals surface area contributed by atoms with E-state index >= 15 is 0 Å². The van der Waals surface area contributed by atoms with Crippen LogP contribution in [0.25, 0.3) is 0 Å². The summed E-state index contributed by atoms with van der Waals surface area (Å²) >= 11 is 17.3. The van der Waals surface area contributed by atoms with Crippen LogP contribution in [0, 0.1) is 13.8 Å². The van der Waals surface area contributed by atoms with Crippen molar-refractivity contribution in [1.29, 1.82) is 0 Å². The number of hydrogen-bond acceptors (Lipinski definition) is 8. The van der Waals surface area contributed by atoms with E-state index in [1.165, 1.54) is 56.4 Å². The molecule has 0 spiro atoms. The molecule has 2 aromatic carbocycles. The number of rotatable bonds is 5. The smallest absolute Gasteiger partial charge is 0.318 e. The number of thiol groups is 1. The fourth-order valence-electron chi connectivity index (χ4n) is 5.30. The first-order valence-electron chi connectivity index (χ1n) is 17.0. The predicted octanol–water partition coefficient (Wildman–Crippen LogP) is 8.93. The molecule has 0 bridgehead atoms. The number of carbonyl (C=O) groups is 3. The quantitative estimate of drug-likeness (QED) is 0.116. The second-order valence-electron chi connectivity index (χ2n) is 14.4. The zero-order valence-corrected chi connectivity index (χ0v) is 34.1. The van der Waals surface area contributed by atoms with Gasteiger partial charge in [-0.3, -0.25) is 23.7 Å². The molecule has 4 aromatic rings. The highest BCUT2D eigenvalue weighted by Crippen LogP contribution is 2.54. The Hall–Kier alpha value is -3.45. The molecule has 2 aliphatic carbocycles. The Bertz CT molecular complexity index is 1920. The molecule has 2 aromatic heterocycles. The number of carboxylic acid groups (broad SMARTS) is 1. The fourth-order valence-corrected chi connectivity index (χ4v) is 7.24. The molecule has 0 saturated heterocycles. The third-order valence-electron chi connectivity index (χ3n) is 8.86. The first-order valence-corrected chi connectivity index (χ1v) is 19.1. The third kappa shape index (κ3) is 10.6. The van der Waals surface area contributed by atoms with Gasteiger partial charge in [-0.2, -0.15) is 22.8 Å². The minimum absolute atomic E-state index is 0.0261. The average Bonchev–Trinajstić information content (AvgIpc) is 3.98. The zero-order chi connectivity index (χ0) is 38.7. The molecule has 1 amide bonds. The average molecular weight is 788 g/mol. The van der Waals surface area contributed by atoms with Gasteiger partial charge in [-0.05, 0) is 114 Å². The number of carboxylic acids is 1. The van der Waals surface area contributed by atoms with Gasteiger partial charge in [0.25, 0.3) is 0 Å². The number of benzene rings is 2. The van der Waals surface area contributed by atoms with Crippen LogP contribution in [-0.4, -0.2) is 52.3 Å². The van der Waals surface area contributed by atoms with Crippen LogP contribution in [0.2, 0.25) is 10.0 Å². The number of amides is 1. The predicted molar refractivity (Wildman–Crippen MR) is 215 cm³/mol. The van der Waals surface area contributed by atoms with Crippen LogP contribution in [0.4, 0.5) is 11.6 Å². The third-order valence-corrected chi connectivity index (χ3v) is 11.0. The molecule has 1 unspecified atom stereocenters. The summed E-state index contributed by atoms with van der Waals surface area (Å²) in [5.74, 6) is 1.97. The molecule has 10 nitrogen and oxygen atoms in total. The minimum Gasteiger partial charge on any atom is -0.480 e. The largest absolute Gasteiger partial charge is 0.480 e. The van der Waals surface area contributed by atoms with Crippen molar-refractivity contribution in [2.75, 3.05) is 11.1 Å². The molecular formula is C38H48Cl2N6O4S2. The van der Waals surface area contributed by atoms with Crippen molar-refractivity contribution in [2.45, 2.75) is 93.8 Å². The summed E-state index contributed by atoms with van der Waals surface area (Å²) < 4.78 is 2.14. The molecule has 7 rings (SSSR count). The highest BCUT2D eigenvalue weighted by atomic mass is 35.5. The van der Waals surface area contributed by atoms with Gasteiger partial charge in [-0.1, -0.05) is 29.3 Å². The van der Waals surface area contributed by atoms with E-state index in [1.807, 2.05) is 57.7 Å². The lowest BCUT2D eigenvalue weighted by atomic mass is 9.98. The molecular weight excluding hydrogens is 739 g/mol. The number of aryl methyl sites for hydroxylation is 4. The van der Waals surface area contributed by atoms with Gasteiger partial charge in [-0.25, -0.2) is 0 Å². The lowest BCUT2D eigenvalue weighted by Crippen LogP contribution is -2.33. The SMILES string of the molecule is CC(C)(S)C(=O)O.Cc1cc(Cl)ccc1C1SC(C)(C)C(=O)Nc2c1c(C1CC1)nn2C.Cc1cc(Cl)ccc1C=O.Cn1nc(C2CC2)cc1N. The number of nitrogen functional groups attached to an aromatic ring is 1. The van der Waals surface area contributed by atoms with Gasteiger partial charge in [0.15, 0.2) is 0 Å². The number of anilines is 2. The minimum atomic E-state index is -0.893. The number of hydrogen-bond donors (Lipinski definition) is 4. The number of nitrogens with zero attached hydrogens (tertiary/aromatic N) is 4. The standard InChI is InChI=1S/C19H22ClN3OS.C8H7ClO.C7H11N3.C4H8O2S/c1-10-9-12(20)7-8-13(10)16-14-15(11-5-6-11)22-23(4)17(14)21-18(24)19(2,3)25-16;1-6-4-8(9)3-2-7(6)5-10;1-10-7(8)4-6(9-10)5-2-3-5;1-4(2,7)3(5)6/h7-9,11,16H,5-6H2,1-4H3,(H,21,24);2-5H,1H3;4-5H,2-3,8H2,1H3;7H,1-2H3,(H,5,6). The fraction of sp³-hybridized carbons (Fsp3) is 0.447. The number of aliphatic carboxylic acids is 1. The summed E-state index contributed by atoms with van der Waals surface area (Å²) in [6.07, 6.45) is 5.76. The van der Waals surface area contributed by atoms with Crippen molar-refractivity contribution in [1.82, 2.24) is 19.6 Å². The Morgan fingerprint density at radius 1 is 1.00 bits per heavy atom. The van der Waals surface area contributed by atoms with Gasteiger partial charge < -0.3 is 16.2 Å². The highest BCUT2D eigenvalue weighted by molar-refractivity contribution is 8.01. The van der Waals surface area contributed by atoms with Crippen LogP contribution in [0.15, 0.2) is 42.5 Å². The Morgan fingerprint density at radius 3 is 2.02 bits per heavy atom. The number of fused-ring (bicyclic) bond motifs is 1. The summed E-state index contributed by atoms with van der Waals surface area (Å²) in [5.41, 5.74) is 13.0. The lowest BCUT2D eigenvalue weighted by molar-refractivity contribution is -0.138. The Labute approximate surface area is 325 Å². The van der Waals surface area contributed by atoms with Gasteiger partial charge in [-0.15, -0.1) is 11.8 Å². The van der Waals surface area contributed by atoms with Crippen LogP contribution < -0.4 is 11.1 Å². The van der Waals surface area contributed by atoms with Gasteiger partial charge in [0.05, 0.1) is 21.4 Å². The van der Waals surface area contributed by atoms with E-state index < -0.39 is 15.5 Å². The number of aldehydes is 1. The number of nitrogens with one attached hydrogen (secondary N) is 1. The number of aromatic nitrogens is 4. The Balaban J connectivity index is 0.000000184. The summed E-state index contributed by atoms with van der Waals surface area (Å²) in [6, 6.07) is 13.2. The summed E-state index contributed by atoms with van der Waals surface area (Å²) in [5, 5.41) is 21.8. The van der Waals surface area contributed by atoms with E-state index in [9.17, 15) is 14.4 Å². The first kappa shape index (κ1) is 41.3. The number of halogens is 2. The van der Waals surface area contributed by atoms with E-state index in [1.54, 1.807) is 34.6 Å². The van der Waals surface area contributed by atoms with E-state index in [0.29, 0.717) is 22.4 Å². The molecule has 4 N–H and O–H groups in total. The summed E-state index contributed by atoms with van der Waals surface area (Å²) in [4.78, 5) is 33.0. The van der Waals surface area contributed by atoms with Gasteiger partial charge in [0.2, 0.25) is 5.91 Å². The maximum atomic E-state index is 12.8.